The van der Waals surface area contributed by atoms with Crippen LogP contribution in [0.3, 0.4) is 0 Å². The van der Waals surface area contributed by atoms with E-state index in [-0.39, 0.29) is 18.1 Å². The van der Waals surface area contributed by atoms with Gasteiger partial charge in [-0.25, -0.2) is 0 Å². The molecule has 9 nitrogen and oxygen atoms in total. The Bertz CT molecular complexity index is 1490. The first-order chi connectivity index (χ1) is 23.0. The van der Waals surface area contributed by atoms with Gasteiger partial charge in [0.15, 0.2) is 0 Å². The normalized spacial score (nSPS) is 19.3. The van der Waals surface area contributed by atoms with Gasteiger partial charge in [0.25, 0.3) is 10.9 Å². The maximum Gasteiger partial charge on any atom is 0.253 e. The first-order valence-electron chi connectivity index (χ1n) is 17.4. The summed E-state index contributed by atoms with van der Waals surface area (Å²) in [4.78, 5) is 28.3. The molecule has 2 aliphatic rings. The van der Waals surface area contributed by atoms with Gasteiger partial charge in [0.05, 0.1) is 29.9 Å². The Morgan fingerprint density at radius 1 is 0.979 bits per heavy atom. The van der Waals surface area contributed by atoms with Crippen molar-refractivity contribution in [2.24, 2.45) is 11.8 Å². The zero-order valence-electron chi connectivity index (χ0n) is 27.7. The van der Waals surface area contributed by atoms with Crippen molar-refractivity contribution in [2.75, 3.05) is 50.2 Å². The molecular weight excluding hydrogens is 592 g/mol. The molecule has 0 unspecified atom stereocenters. The van der Waals surface area contributed by atoms with E-state index in [1.807, 2.05) is 30.3 Å². The van der Waals surface area contributed by atoms with E-state index in [9.17, 15) is 14.7 Å². The first-order valence-corrected chi connectivity index (χ1v) is 17.4. The molecule has 0 spiro atoms. The van der Waals surface area contributed by atoms with Crippen molar-refractivity contribution < 1.29 is 14.6 Å². The van der Waals surface area contributed by atoms with Crippen molar-refractivity contribution in [3.63, 3.8) is 0 Å². The zero-order chi connectivity index (χ0) is 33.0. The van der Waals surface area contributed by atoms with Crippen molar-refractivity contribution in [3.8, 4) is 6.07 Å². The molecule has 1 saturated heterocycles. The fraction of sp³-hybridized carbons (Fsp3) is 0.553. The molecule has 1 aliphatic carbocycles. The van der Waals surface area contributed by atoms with E-state index in [0.29, 0.717) is 62.2 Å². The third-order valence-corrected chi connectivity index (χ3v) is 9.88. The molecule has 252 valence electrons. The van der Waals surface area contributed by atoms with E-state index in [1.54, 1.807) is 19.2 Å². The van der Waals surface area contributed by atoms with Crippen molar-refractivity contribution in [2.45, 2.75) is 82.6 Å². The maximum atomic E-state index is 13.1. The average molecular weight is 643 g/mol. The third-order valence-electron chi connectivity index (χ3n) is 9.88. The molecule has 0 amide bonds. The summed E-state index contributed by atoms with van der Waals surface area (Å²) in [5.74, 6) is 0.617. The number of hydrogen-bond acceptors (Lipinski definition) is 9. The third kappa shape index (κ3) is 9.29. The number of ether oxygens (including phenoxy) is 2. The zero-order valence-corrected chi connectivity index (χ0v) is 27.7. The highest BCUT2D eigenvalue weighted by Gasteiger charge is 2.35. The van der Waals surface area contributed by atoms with Crippen LogP contribution in [0.25, 0.3) is 0 Å². The highest BCUT2D eigenvalue weighted by molar-refractivity contribution is 5.75. The topological polar surface area (TPSA) is 124 Å². The largest absolute Gasteiger partial charge is 0.390 e. The van der Waals surface area contributed by atoms with E-state index in [4.69, 9.17) is 14.7 Å². The number of nitrogens with zero attached hydrogens (tertiary/aromatic N) is 2. The minimum Gasteiger partial charge on any atom is -0.390 e. The fourth-order valence-electron chi connectivity index (χ4n) is 7.32. The quantitative estimate of drug-likeness (QED) is 0.137. The molecule has 4 atom stereocenters. The second-order valence-corrected chi connectivity index (χ2v) is 13.3. The lowest BCUT2D eigenvalue weighted by molar-refractivity contribution is -0.00235. The van der Waals surface area contributed by atoms with Crippen molar-refractivity contribution in [3.05, 3.63) is 91.7 Å². The Hall–Kier alpha value is -3.55. The lowest BCUT2D eigenvalue weighted by atomic mass is 9.83. The van der Waals surface area contributed by atoms with Crippen LogP contribution in [-0.2, 0) is 16.0 Å². The number of hydrogen-bond donors (Lipinski definition) is 3. The number of piperidine rings is 1. The number of methoxy groups -OCH3 is 1. The molecule has 5 rings (SSSR count). The van der Waals surface area contributed by atoms with Gasteiger partial charge in [0.2, 0.25) is 0 Å². The van der Waals surface area contributed by atoms with Crippen LogP contribution in [0, 0.1) is 23.2 Å². The monoisotopic (exact) mass is 642 g/mol. The molecule has 1 heterocycles. The van der Waals surface area contributed by atoms with E-state index < -0.39 is 17.0 Å². The summed E-state index contributed by atoms with van der Waals surface area (Å²) in [6.45, 7) is 3.41. The summed E-state index contributed by atoms with van der Waals surface area (Å²) in [5, 5.41) is 27.3. The predicted molar refractivity (Wildman–Crippen MR) is 185 cm³/mol. The van der Waals surface area contributed by atoms with Gasteiger partial charge in [0.1, 0.15) is 11.4 Å². The summed E-state index contributed by atoms with van der Waals surface area (Å²) >= 11 is 0. The number of aliphatic hydroxyl groups excluding tert-OH is 1. The molecule has 1 saturated carbocycles. The number of nitrogens with one attached hydrogen (secondary N) is 2. The first kappa shape index (κ1) is 34.8. The SMILES string of the molecule is COCCCO[C@@H](c1ccccc1)[C@@H]1CCCN(c2c(N[C@@H](CC3CCCCC3)[C@H](O)CNCc3ccc(C#N)cc3)c(=O)c2=O)C1. The summed E-state index contributed by atoms with van der Waals surface area (Å²) in [6, 6.07) is 19.4. The minimum absolute atomic E-state index is 0.123. The molecule has 47 heavy (non-hydrogen) atoms. The summed E-state index contributed by atoms with van der Waals surface area (Å²) in [6.07, 6.45) is 8.34. The van der Waals surface area contributed by atoms with E-state index >= 15 is 0 Å². The van der Waals surface area contributed by atoms with E-state index in [2.05, 4.69) is 33.7 Å². The molecule has 0 aromatic heterocycles. The second-order valence-electron chi connectivity index (χ2n) is 13.3. The van der Waals surface area contributed by atoms with Gasteiger partial charge < -0.3 is 30.1 Å². The Balaban J connectivity index is 1.29. The number of anilines is 2. The minimum atomic E-state index is -0.760. The molecule has 1 aliphatic heterocycles. The average Bonchev–Trinajstić information content (AvgIpc) is 3.12. The Labute approximate surface area is 278 Å². The van der Waals surface area contributed by atoms with Crippen LogP contribution in [-0.4, -0.2) is 57.2 Å². The summed E-state index contributed by atoms with van der Waals surface area (Å²) < 4.78 is 11.7. The molecule has 0 radical (unpaired) electrons. The van der Waals surface area contributed by atoms with Gasteiger partial charge in [-0.05, 0) is 54.9 Å². The van der Waals surface area contributed by atoms with Crippen LogP contribution in [0.1, 0.15) is 80.6 Å². The summed E-state index contributed by atoms with van der Waals surface area (Å²) in [5.41, 5.74) is 2.61. The van der Waals surface area contributed by atoms with Crippen LogP contribution in [0.2, 0.25) is 0 Å². The van der Waals surface area contributed by atoms with Gasteiger partial charge in [-0.15, -0.1) is 0 Å². The second kappa shape index (κ2) is 17.6. The van der Waals surface area contributed by atoms with E-state index in [0.717, 1.165) is 49.7 Å². The highest BCUT2D eigenvalue weighted by atomic mass is 16.5. The number of rotatable bonds is 17. The Morgan fingerprint density at radius 3 is 2.47 bits per heavy atom. The smallest absolute Gasteiger partial charge is 0.253 e. The van der Waals surface area contributed by atoms with Gasteiger partial charge in [-0.1, -0.05) is 74.6 Å². The van der Waals surface area contributed by atoms with Crippen LogP contribution in [0.15, 0.2) is 64.2 Å². The van der Waals surface area contributed by atoms with Crippen molar-refractivity contribution >= 4 is 11.4 Å². The molecule has 0 bridgehead atoms. The lowest BCUT2D eigenvalue weighted by Crippen LogP contribution is -2.50. The van der Waals surface area contributed by atoms with Crippen LogP contribution >= 0.6 is 0 Å². The standard InChI is InChI=1S/C38H50N4O5/c1-46-20-9-21-47-38(30-12-6-3-7-13-30)31-14-8-19-42(26-31)35-34(36(44)37(35)45)41-32(22-27-10-4-2-5-11-27)33(43)25-40-24-29-17-15-28(23-39)16-18-29/h3,6-7,12-13,15-18,27,31-33,38,40-41,43H,2,4-5,8-11,14,19-22,24-26H2,1H3/t31-,32+,33-,38+/m1/s1. The molecule has 3 N–H and O–H groups in total. The van der Waals surface area contributed by atoms with Crippen molar-refractivity contribution in [1.29, 1.82) is 5.26 Å². The van der Waals surface area contributed by atoms with Gasteiger partial charge >= 0.3 is 0 Å². The van der Waals surface area contributed by atoms with Gasteiger partial charge in [0, 0.05) is 52.4 Å². The predicted octanol–water partition coefficient (Wildman–Crippen LogP) is 5.07. The van der Waals surface area contributed by atoms with Crippen LogP contribution < -0.4 is 26.4 Å². The molecular formula is C38H50N4O5. The van der Waals surface area contributed by atoms with Crippen molar-refractivity contribution in [1.82, 2.24) is 5.32 Å². The number of benzene rings is 2. The lowest BCUT2D eigenvalue weighted by Gasteiger charge is -2.40. The van der Waals surface area contributed by atoms with Gasteiger partial charge in [-0.3, -0.25) is 9.59 Å². The summed E-state index contributed by atoms with van der Waals surface area (Å²) in [7, 11) is 1.69. The van der Waals surface area contributed by atoms with Crippen LogP contribution in [0.4, 0.5) is 11.4 Å². The van der Waals surface area contributed by atoms with E-state index in [1.165, 1.54) is 19.3 Å². The molecule has 3 aromatic carbocycles. The molecule has 9 heteroatoms. The Kier molecular flexibility index (Phi) is 13.0. The molecule has 2 fully saturated rings. The number of aliphatic hydroxyl groups is 1. The van der Waals surface area contributed by atoms with Gasteiger partial charge in [-0.2, -0.15) is 5.26 Å². The molecule has 3 aromatic rings. The highest BCUT2D eigenvalue weighted by Crippen LogP contribution is 2.36. The van der Waals surface area contributed by atoms with Crippen LogP contribution in [0.5, 0.6) is 0 Å². The number of nitriles is 1. The Morgan fingerprint density at radius 2 is 1.74 bits per heavy atom. The fourth-order valence-corrected chi connectivity index (χ4v) is 7.32. The maximum absolute atomic E-state index is 13.1.